The van der Waals surface area contributed by atoms with E-state index in [0.29, 0.717) is 17.4 Å². The van der Waals surface area contributed by atoms with Crippen LogP contribution in [0.2, 0.25) is 0 Å². The van der Waals surface area contributed by atoms with E-state index < -0.39 is 0 Å². The summed E-state index contributed by atoms with van der Waals surface area (Å²) in [5.41, 5.74) is 1.96. The molecule has 2 N–H and O–H groups in total. The summed E-state index contributed by atoms with van der Waals surface area (Å²) in [6.45, 7) is 5.43. The Morgan fingerprint density at radius 1 is 1.04 bits per heavy atom. The van der Waals surface area contributed by atoms with Crippen molar-refractivity contribution in [3.8, 4) is 0 Å². The molecule has 28 heavy (non-hydrogen) atoms. The van der Waals surface area contributed by atoms with E-state index in [-0.39, 0.29) is 11.9 Å². The van der Waals surface area contributed by atoms with E-state index in [1.165, 1.54) is 0 Å². The van der Waals surface area contributed by atoms with Gasteiger partial charge in [-0.05, 0) is 43.9 Å². The highest BCUT2D eigenvalue weighted by molar-refractivity contribution is 6.06. The number of piperidine rings is 1. The number of carbonyl (C=O) groups is 2. The summed E-state index contributed by atoms with van der Waals surface area (Å²) in [6.07, 6.45) is 4.18. The van der Waals surface area contributed by atoms with Gasteiger partial charge < -0.3 is 20.0 Å². The normalized spacial score (nSPS) is 24.6. The van der Waals surface area contributed by atoms with E-state index in [2.05, 4.69) is 20.4 Å². The van der Waals surface area contributed by atoms with Gasteiger partial charge in [-0.3, -0.25) is 9.89 Å². The van der Waals surface area contributed by atoms with Crippen molar-refractivity contribution < 1.29 is 9.59 Å². The molecule has 148 valence electrons. The highest BCUT2D eigenvalue weighted by Gasteiger charge is 2.33. The summed E-state index contributed by atoms with van der Waals surface area (Å²) in [6, 6.07) is 5.81. The number of hydrogen-bond acceptors (Lipinski definition) is 4. The number of hydrogen-bond donors (Lipinski definition) is 2. The molecule has 1 aromatic heterocycles. The molecule has 0 spiro atoms. The summed E-state index contributed by atoms with van der Waals surface area (Å²) in [7, 11) is 0. The number of anilines is 1. The number of carbonyl (C=O) groups excluding carboxylic acids is 2. The van der Waals surface area contributed by atoms with Crippen molar-refractivity contribution in [3.63, 3.8) is 0 Å². The zero-order chi connectivity index (χ0) is 19.1. The number of benzene rings is 1. The van der Waals surface area contributed by atoms with Gasteiger partial charge in [0.05, 0.1) is 5.52 Å². The summed E-state index contributed by atoms with van der Waals surface area (Å²) in [4.78, 5) is 31.9. The van der Waals surface area contributed by atoms with Gasteiger partial charge in [-0.1, -0.05) is 0 Å². The van der Waals surface area contributed by atoms with E-state index >= 15 is 0 Å². The molecule has 4 fully saturated rings. The zero-order valence-electron chi connectivity index (χ0n) is 16.0. The molecule has 8 nitrogen and oxygen atoms in total. The lowest BCUT2D eigenvalue weighted by atomic mass is 10.0. The van der Waals surface area contributed by atoms with E-state index in [4.69, 9.17) is 0 Å². The Balaban J connectivity index is 1.40. The Morgan fingerprint density at radius 3 is 2.61 bits per heavy atom. The minimum Gasteiger partial charge on any atom is -0.333 e. The fourth-order valence-corrected chi connectivity index (χ4v) is 4.67. The molecule has 3 amide bonds. The smallest absolute Gasteiger partial charge is 0.321 e. The predicted octanol–water partition coefficient (Wildman–Crippen LogP) is 2.11. The highest BCUT2D eigenvalue weighted by atomic mass is 16.2. The summed E-state index contributed by atoms with van der Waals surface area (Å²) in [5, 5.41) is 11.0. The number of fused-ring (bicyclic) bond motifs is 5. The van der Waals surface area contributed by atoms with E-state index in [9.17, 15) is 9.59 Å². The average molecular weight is 382 g/mol. The van der Waals surface area contributed by atoms with Crippen LogP contribution >= 0.6 is 0 Å². The molecular weight excluding hydrogens is 356 g/mol. The van der Waals surface area contributed by atoms with Crippen LogP contribution in [0.1, 0.15) is 36.2 Å². The molecule has 0 saturated carbocycles. The molecule has 0 unspecified atom stereocenters. The number of likely N-dealkylation sites (tertiary alicyclic amines) is 1. The lowest BCUT2D eigenvalue weighted by Crippen LogP contribution is -2.41. The van der Waals surface area contributed by atoms with Gasteiger partial charge in [0.25, 0.3) is 5.91 Å². The lowest BCUT2D eigenvalue weighted by molar-refractivity contribution is 0.0681. The van der Waals surface area contributed by atoms with Crippen LogP contribution in [0, 0.1) is 0 Å². The van der Waals surface area contributed by atoms with Crippen molar-refractivity contribution >= 4 is 28.5 Å². The first kappa shape index (κ1) is 17.5. The van der Waals surface area contributed by atoms with Crippen molar-refractivity contribution in [1.29, 1.82) is 0 Å². The quantitative estimate of drug-likeness (QED) is 0.833. The Labute approximate surface area is 163 Å². The third kappa shape index (κ3) is 3.11. The number of nitrogens with zero attached hydrogens (tertiary/aromatic N) is 4. The van der Waals surface area contributed by atoms with Crippen molar-refractivity contribution in [3.05, 3.63) is 23.9 Å². The maximum atomic E-state index is 13.3. The SMILES string of the molecule is O=C(Nc1ccc2[nH]nc(C(=O)N3CCN4CCC3CC4)c2c1)N1CCCC1. The Morgan fingerprint density at radius 2 is 1.82 bits per heavy atom. The molecule has 1 aromatic carbocycles. The second-order valence-corrected chi connectivity index (χ2v) is 8.03. The van der Waals surface area contributed by atoms with Crippen molar-refractivity contribution in [2.24, 2.45) is 0 Å². The molecular formula is C20H26N6O2. The Bertz CT molecular complexity index is 895. The second kappa shape index (κ2) is 7.09. The fourth-order valence-electron chi connectivity index (χ4n) is 4.67. The van der Waals surface area contributed by atoms with Gasteiger partial charge >= 0.3 is 6.03 Å². The topological polar surface area (TPSA) is 84.6 Å². The summed E-state index contributed by atoms with van der Waals surface area (Å²) >= 11 is 0. The lowest BCUT2D eigenvalue weighted by Gasteiger charge is -2.31. The van der Waals surface area contributed by atoms with Gasteiger partial charge in [-0.25, -0.2) is 4.79 Å². The van der Waals surface area contributed by atoms with Gasteiger partial charge in [0.2, 0.25) is 0 Å². The Kier molecular flexibility index (Phi) is 4.43. The van der Waals surface area contributed by atoms with E-state index in [1.807, 2.05) is 28.0 Å². The van der Waals surface area contributed by atoms with Crippen LogP contribution in [0.25, 0.3) is 10.9 Å². The molecule has 2 bridgehead atoms. The van der Waals surface area contributed by atoms with Crippen LogP contribution in [0.4, 0.5) is 10.5 Å². The number of aromatic nitrogens is 2. The fraction of sp³-hybridized carbons (Fsp3) is 0.550. The van der Waals surface area contributed by atoms with Crippen LogP contribution in [0.3, 0.4) is 0 Å². The van der Waals surface area contributed by atoms with Gasteiger partial charge in [0.15, 0.2) is 5.69 Å². The van der Waals surface area contributed by atoms with Gasteiger partial charge in [0, 0.05) is 56.4 Å². The zero-order valence-corrected chi connectivity index (χ0v) is 16.0. The summed E-state index contributed by atoms with van der Waals surface area (Å²) < 4.78 is 0. The van der Waals surface area contributed by atoms with Crippen molar-refractivity contribution in [2.75, 3.05) is 44.6 Å². The predicted molar refractivity (Wildman–Crippen MR) is 106 cm³/mol. The monoisotopic (exact) mass is 382 g/mol. The minimum atomic E-state index is -0.0770. The molecule has 8 heteroatoms. The minimum absolute atomic E-state index is 0.0111. The van der Waals surface area contributed by atoms with Crippen LogP contribution in [0.5, 0.6) is 0 Å². The molecule has 2 aromatic rings. The first-order valence-corrected chi connectivity index (χ1v) is 10.3. The number of aromatic amines is 1. The second-order valence-electron chi connectivity index (χ2n) is 8.03. The molecule has 5 heterocycles. The maximum absolute atomic E-state index is 13.3. The third-order valence-electron chi connectivity index (χ3n) is 6.33. The number of nitrogens with one attached hydrogen (secondary N) is 2. The third-order valence-corrected chi connectivity index (χ3v) is 6.33. The first-order valence-electron chi connectivity index (χ1n) is 10.3. The van der Waals surface area contributed by atoms with Gasteiger partial charge in [-0.2, -0.15) is 5.10 Å². The van der Waals surface area contributed by atoms with E-state index in [0.717, 1.165) is 75.9 Å². The average Bonchev–Trinajstić information content (AvgIpc) is 3.30. The van der Waals surface area contributed by atoms with E-state index in [1.54, 1.807) is 0 Å². The molecule has 6 rings (SSSR count). The molecule has 0 atom stereocenters. The summed E-state index contributed by atoms with van der Waals surface area (Å²) in [5.74, 6) is -0.0111. The largest absolute Gasteiger partial charge is 0.333 e. The number of urea groups is 1. The standard InChI is InChI=1S/C20H26N6O2/c27-19(26-12-11-24-9-5-15(26)6-10-24)18-16-13-14(3-4-17(16)22-23-18)21-20(28)25-7-1-2-8-25/h3-4,13,15H,1-2,5-12H2,(H,21,28)(H,22,23). The molecule has 0 aliphatic carbocycles. The Hall–Kier alpha value is -2.61. The molecule has 4 aliphatic heterocycles. The van der Waals surface area contributed by atoms with Crippen molar-refractivity contribution in [1.82, 2.24) is 24.9 Å². The van der Waals surface area contributed by atoms with Crippen molar-refractivity contribution in [2.45, 2.75) is 31.7 Å². The van der Waals surface area contributed by atoms with Crippen LogP contribution in [0.15, 0.2) is 18.2 Å². The van der Waals surface area contributed by atoms with Crippen LogP contribution in [-0.2, 0) is 0 Å². The van der Waals surface area contributed by atoms with Crippen LogP contribution in [-0.4, -0.2) is 82.1 Å². The number of rotatable bonds is 2. The van der Waals surface area contributed by atoms with Gasteiger partial charge in [0.1, 0.15) is 0 Å². The molecule has 4 saturated heterocycles. The number of amides is 3. The van der Waals surface area contributed by atoms with Gasteiger partial charge in [-0.15, -0.1) is 0 Å². The number of H-pyrrole nitrogens is 1. The molecule has 0 radical (unpaired) electrons. The molecule has 4 aliphatic rings. The highest BCUT2D eigenvalue weighted by Crippen LogP contribution is 2.26. The maximum Gasteiger partial charge on any atom is 0.321 e. The first-order chi connectivity index (χ1) is 13.7. The van der Waals surface area contributed by atoms with Crippen LogP contribution < -0.4 is 5.32 Å².